The van der Waals surface area contributed by atoms with Gasteiger partial charge in [0.2, 0.25) is 0 Å². The van der Waals surface area contributed by atoms with Gasteiger partial charge in [-0.25, -0.2) is 4.39 Å². The lowest BCUT2D eigenvalue weighted by molar-refractivity contribution is -0.118. The number of ketones is 1. The highest BCUT2D eigenvalue weighted by atomic mass is 32.1. The molecule has 4 nitrogen and oxygen atoms in total. The molecular weight excluding hydrogens is 373 g/mol. The maximum atomic E-state index is 13.5. The summed E-state index contributed by atoms with van der Waals surface area (Å²) < 4.78 is 13.5. The van der Waals surface area contributed by atoms with Crippen molar-refractivity contribution in [3.8, 4) is 6.07 Å². The van der Waals surface area contributed by atoms with E-state index in [0.717, 1.165) is 10.6 Å². The predicted octanol–water partition coefficient (Wildman–Crippen LogP) is 4.83. The number of nitriles is 1. The highest BCUT2D eigenvalue weighted by Crippen LogP contribution is 2.50. The SMILES string of the molecule is CC1(C)CC(=O)C2=C(C1)N(c1ccc(F)cc1)C(N)=C(C#N)[C@@H]2c1cccs1. The van der Waals surface area contributed by atoms with Crippen molar-refractivity contribution in [2.45, 2.75) is 32.6 Å². The Morgan fingerprint density at radius 1 is 1.25 bits per heavy atom. The zero-order chi connectivity index (χ0) is 20.1. The Bertz CT molecular complexity index is 1040. The van der Waals surface area contributed by atoms with Gasteiger partial charge >= 0.3 is 0 Å². The van der Waals surface area contributed by atoms with Gasteiger partial charge in [0, 0.05) is 28.3 Å². The van der Waals surface area contributed by atoms with Gasteiger partial charge in [-0.3, -0.25) is 9.69 Å². The minimum Gasteiger partial charge on any atom is -0.384 e. The second-order valence-corrected chi connectivity index (χ2v) is 8.95. The van der Waals surface area contributed by atoms with E-state index >= 15 is 0 Å². The van der Waals surface area contributed by atoms with Crippen LogP contribution in [0, 0.1) is 22.6 Å². The second-order valence-electron chi connectivity index (χ2n) is 7.97. The van der Waals surface area contributed by atoms with Crippen molar-refractivity contribution in [1.82, 2.24) is 0 Å². The van der Waals surface area contributed by atoms with Crippen LogP contribution in [0.25, 0.3) is 0 Å². The van der Waals surface area contributed by atoms with Gasteiger partial charge in [0.1, 0.15) is 11.6 Å². The standard InChI is InChI=1S/C22H20FN3OS/c1-22(2)10-16-20(17(27)11-22)19(18-4-3-9-28-18)15(12-24)21(25)26(16)14-7-5-13(23)6-8-14/h3-9,19H,10-11,25H2,1-2H3/t19-/m1/s1. The molecule has 142 valence electrons. The summed E-state index contributed by atoms with van der Waals surface area (Å²) in [7, 11) is 0. The van der Waals surface area contributed by atoms with Crippen molar-refractivity contribution in [2.24, 2.45) is 11.1 Å². The maximum Gasteiger partial charge on any atom is 0.162 e. The zero-order valence-corrected chi connectivity index (χ0v) is 16.5. The van der Waals surface area contributed by atoms with Crippen LogP contribution in [0.2, 0.25) is 0 Å². The first-order valence-electron chi connectivity index (χ1n) is 9.07. The van der Waals surface area contributed by atoms with Gasteiger partial charge in [-0.15, -0.1) is 11.3 Å². The van der Waals surface area contributed by atoms with Gasteiger partial charge in [-0.2, -0.15) is 5.26 Å². The highest BCUT2D eigenvalue weighted by molar-refractivity contribution is 7.10. The summed E-state index contributed by atoms with van der Waals surface area (Å²) in [4.78, 5) is 15.9. The number of nitrogens with two attached hydrogens (primary N) is 1. The van der Waals surface area contributed by atoms with Gasteiger partial charge in [0.15, 0.2) is 5.78 Å². The summed E-state index contributed by atoms with van der Waals surface area (Å²) in [5.41, 5.74) is 8.72. The summed E-state index contributed by atoms with van der Waals surface area (Å²) in [5, 5.41) is 11.8. The molecule has 1 aromatic heterocycles. The Morgan fingerprint density at radius 3 is 2.57 bits per heavy atom. The van der Waals surface area contributed by atoms with E-state index in [4.69, 9.17) is 5.73 Å². The Hall–Kier alpha value is -2.91. The number of hydrogen-bond donors (Lipinski definition) is 1. The number of Topliss-reactive ketones (excluding diaryl/α,β-unsaturated/α-hetero) is 1. The molecule has 0 spiro atoms. The van der Waals surface area contributed by atoms with Crippen LogP contribution in [0.1, 0.15) is 37.5 Å². The molecule has 4 rings (SSSR count). The molecule has 1 aromatic carbocycles. The molecule has 6 heteroatoms. The van der Waals surface area contributed by atoms with Gasteiger partial charge in [0.25, 0.3) is 0 Å². The Labute approximate surface area is 167 Å². The van der Waals surface area contributed by atoms with E-state index < -0.39 is 5.92 Å². The Morgan fingerprint density at radius 2 is 1.96 bits per heavy atom. The van der Waals surface area contributed by atoms with E-state index in [9.17, 15) is 14.4 Å². The summed E-state index contributed by atoms with van der Waals surface area (Å²) in [6.07, 6.45) is 1.07. The number of carbonyl (C=O) groups is 1. The minimum atomic E-state index is -0.444. The smallest absolute Gasteiger partial charge is 0.162 e. The molecule has 0 saturated heterocycles. The number of benzene rings is 1. The molecule has 0 saturated carbocycles. The molecule has 2 N–H and O–H groups in total. The quantitative estimate of drug-likeness (QED) is 0.793. The molecule has 0 radical (unpaired) electrons. The van der Waals surface area contributed by atoms with E-state index in [0.29, 0.717) is 35.5 Å². The average Bonchev–Trinajstić information content (AvgIpc) is 3.15. The van der Waals surface area contributed by atoms with E-state index in [1.165, 1.54) is 23.5 Å². The number of rotatable bonds is 2. The fourth-order valence-electron chi connectivity index (χ4n) is 4.13. The summed E-state index contributed by atoms with van der Waals surface area (Å²) in [5.74, 6) is -0.455. The van der Waals surface area contributed by atoms with Crippen LogP contribution in [0.4, 0.5) is 10.1 Å². The van der Waals surface area contributed by atoms with E-state index in [1.807, 2.05) is 17.5 Å². The van der Waals surface area contributed by atoms with Crippen LogP contribution in [-0.4, -0.2) is 5.78 Å². The van der Waals surface area contributed by atoms with Crippen molar-refractivity contribution < 1.29 is 9.18 Å². The van der Waals surface area contributed by atoms with Crippen LogP contribution < -0.4 is 10.6 Å². The normalized spacial score (nSPS) is 21.6. The predicted molar refractivity (Wildman–Crippen MR) is 108 cm³/mol. The first kappa shape index (κ1) is 18.5. The monoisotopic (exact) mass is 393 g/mol. The lowest BCUT2D eigenvalue weighted by Crippen LogP contribution is -2.42. The molecule has 28 heavy (non-hydrogen) atoms. The largest absolute Gasteiger partial charge is 0.384 e. The molecule has 2 heterocycles. The lowest BCUT2D eigenvalue weighted by atomic mass is 9.69. The molecule has 2 aromatic rings. The first-order chi connectivity index (χ1) is 13.3. The second kappa shape index (κ2) is 6.61. The molecule has 2 aliphatic rings. The third-order valence-electron chi connectivity index (χ3n) is 5.29. The van der Waals surface area contributed by atoms with Gasteiger partial charge in [-0.1, -0.05) is 19.9 Å². The number of anilines is 1. The first-order valence-corrected chi connectivity index (χ1v) is 9.95. The third-order valence-corrected chi connectivity index (χ3v) is 6.23. The molecule has 1 aliphatic heterocycles. The summed E-state index contributed by atoms with van der Waals surface area (Å²) in [6.45, 7) is 4.11. The third kappa shape index (κ3) is 2.92. The fraction of sp³-hybridized carbons (Fsp3) is 0.273. The van der Waals surface area contributed by atoms with Crippen molar-refractivity contribution in [2.75, 3.05) is 4.90 Å². The molecule has 0 unspecified atom stereocenters. The molecule has 1 atom stereocenters. The van der Waals surface area contributed by atoms with Crippen molar-refractivity contribution in [1.29, 1.82) is 5.26 Å². The van der Waals surface area contributed by atoms with Crippen LogP contribution in [0.15, 0.2) is 64.4 Å². The molecule has 0 bridgehead atoms. The molecule has 0 fully saturated rings. The average molecular weight is 393 g/mol. The van der Waals surface area contributed by atoms with Crippen LogP contribution >= 0.6 is 11.3 Å². The van der Waals surface area contributed by atoms with E-state index in [-0.39, 0.29) is 17.0 Å². The van der Waals surface area contributed by atoms with Crippen molar-refractivity contribution >= 4 is 22.8 Å². The molecular formula is C22H20FN3OS. The van der Waals surface area contributed by atoms with Crippen LogP contribution in [-0.2, 0) is 4.79 Å². The van der Waals surface area contributed by atoms with Gasteiger partial charge < -0.3 is 5.73 Å². The minimum absolute atomic E-state index is 0.0389. The van der Waals surface area contributed by atoms with Crippen LogP contribution in [0.5, 0.6) is 0 Å². The number of allylic oxidation sites excluding steroid dienone is 3. The topological polar surface area (TPSA) is 70.1 Å². The molecule has 1 aliphatic carbocycles. The van der Waals surface area contributed by atoms with E-state index in [2.05, 4.69) is 19.9 Å². The number of carbonyl (C=O) groups excluding carboxylic acids is 1. The Kier molecular flexibility index (Phi) is 4.35. The molecule has 0 amide bonds. The number of thiophene rings is 1. The van der Waals surface area contributed by atoms with Gasteiger partial charge in [0.05, 0.1) is 17.6 Å². The number of nitrogens with zero attached hydrogens (tertiary/aromatic N) is 2. The summed E-state index contributed by atoms with van der Waals surface area (Å²) in [6, 6.07) is 12.0. The van der Waals surface area contributed by atoms with Gasteiger partial charge in [-0.05, 0) is 47.5 Å². The summed E-state index contributed by atoms with van der Waals surface area (Å²) >= 11 is 1.51. The Balaban J connectivity index is 1.99. The van der Waals surface area contributed by atoms with Crippen molar-refractivity contribution in [3.63, 3.8) is 0 Å². The lowest BCUT2D eigenvalue weighted by Gasteiger charge is -2.43. The van der Waals surface area contributed by atoms with Crippen LogP contribution in [0.3, 0.4) is 0 Å². The highest BCUT2D eigenvalue weighted by Gasteiger charge is 2.44. The van der Waals surface area contributed by atoms with Crippen molar-refractivity contribution in [3.05, 3.63) is 75.1 Å². The number of halogens is 1. The maximum absolute atomic E-state index is 13.5. The number of hydrogen-bond acceptors (Lipinski definition) is 5. The van der Waals surface area contributed by atoms with E-state index in [1.54, 1.807) is 17.0 Å². The zero-order valence-electron chi connectivity index (χ0n) is 15.7. The fourth-order valence-corrected chi connectivity index (χ4v) is 4.98.